The first-order valence-electron chi connectivity index (χ1n) is 7.69. The van der Waals surface area contributed by atoms with E-state index in [4.69, 9.17) is 0 Å². The van der Waals surface area contributed by atoms with Gasteiger partial charge in [0.2, 0.25) is 0 Å². The zero-order valence-electron chi connectivity index (χ0n) is 13.9. The van der Waals surface area contributed by atoms with Crippen molar-refractivity contribution in [2.75, 3.05) is 0 Å². The van der Waals surface area contributed by atoms with Crippen molar-refractivity contribution in [2.45, 2.75) is 25.7 Å². The Morgan fingerprint density at radius 3 is 2.12 bits per heavy atom. The number of rotatable bonds is 3. The van der Waals surface area contributed by atoms with Crippen molar-refractivity contribution in [3.63, 3.8) is 0 Å². The molecular weight excluding hydrogens is 322 g/mol. The van der Waals surface area contributed by atoms with Crippen molar-refractivity contribution < 1.29 is 13.2 Å². The van der Waals surface area contributed by atoms with Crippen LogP contribution in [0.1, 0.15) is 31.3 Å². The average Bonchev–Trinajstić information content (AvgIpc) is 2.94. The van der Waals surface area contributed by atoms with Crippen LogP contribution in [0.3, 0.4) is 0 Å². The number of benzene rings is 2. The monoisotopic (exact) mass is 341 g/mol. The van der Waals surface area contributed by atoms with Gasteiger partial charge in [-0.3, -0.25) is 4.79 Å². The first-order valence-corrected chi connectivity index (χ1v) is 9.13. The summed E-state index contributed by atoms with van der Waals surface area (Å²) < 4.78 is 27.5. The fourth-order valence-corrected chi connectivity index (χ4v) is 4.16. The fourth-order valence-electron chi connectivity index (χ4n) is 2.63. The molecule has 3 rings (SSSR count). The zero-order valence-corrected chi connectivity index (χ0v) is 14.7. The number of nitrogens with zero attached hydrogens (tertiary/aromatic N) is 1. The normalized spacial score (nSPS) is 12.5. The molecule has 124 valence electrons. The van der Waals surface area contributed by atoms with Crippen LogP contribution in [0.15, 0.2) is 65.6 Å². The molecule has 0 bridgehead atoms. The van der Waals surface area contributed by atoms with Gasteiger partial charge in [0.25, 0.3) is 10.0 Å². The van der Waals surface area contributed by atoms with E-state index in [0.717, 1.165) is 5.39 Å². The van der Waals surface area contributed by atoms with Crippen LogP contribution in [0, 0.1) is 5.41 Å². The maximum atomic E-state index is 13.2. The first kappa shape index (κ1) is 16.5. The number of ketones is 1. The van der Waals surface area contributed by atoms with Gasteiger partial charge < -0.3 is 0 Å². The number of fused-ring (bicyclic) bond motifs is 1. The number of hydrogen-bond donors (Lipinski definition) is 0. The molecule has 5 heteroatoms. The maximum Gasteiger partial charge on any atom is 0.268 e. The van der Waals surface area contributed by atoms with Gasteiger partial charge in [-0.2, -0.15) is 0 Å². The number of Topliss-reactive ketones (excluding diaryl/α,β-unsaturated/α-hetero) is 1. The molecule has 0 radical (unpaired) electrons. The minimum absolute atomic E-state index is 0.161. The Kier molecular flexibility index (Phi) is 3.84. The number of para-hydroxylation sites is 1. The molecule has 0 saturated carbocycles. The number of hydrogen-bond acceptors (Lipinski definition) is 3. The highest BCUT2D eigenvalue weighted by Gasteiger charge is 2.31. The van der Waals surface area contributed by atoms with E-state index < -0.39 is 15.4 Å². The smallest absolute Gasteiger partial charge is 0.268 e. The van der Waals surface area contributed by atoms with Gasteiger partial charge in [-0.1, -0.05) is 57.2 Å². The highest BCUT2D eigenvalue weighted by atomic mass is 32.2. The molecule has 0 N–H and O–H groups in total. The lowest BCUT2D eigenvalue weighted by atomic mass is 9.89. The van der Waals surface area contributed by atoms with E-state index in [0.29, 0.717) is 5.52 Å². The Balaban J connectivity index is 2.37. The highest BCUT2D eigenvalue weighted by Crippen LogP contribution is 2.30. The summed E-state index contributed by atoms with van der Waals surface area (Å²) in [6, 6.07) is 17.0. The minimum atomic E-state index is -3.86. The van der Waals surface area contributed by atoms with Gasteiger partial charge in [-0.05, 0) is 24.3 Å². The van der Waals surface area contributed by atoms with Crippen LogP contribution in [0.5, 0.6) is 0 Å². The zero-order chi connectivity index (χ0) is 17.5. The second-order valence-corrected chi connectivity index (χ2v) is 8.54. The first-order chi connectivity index (χ1) is 11.2. The quantitative estimate of drug-likeness (QED) is 0.674. The molecule has 3 aromatic rings. The summed E-state index contributed by atoms with van der Waals surface area (Å²) in [6.45, 7) is 5.35. The van der Waals surface area contributed by atoms with Crippen molar-refractivity contribution in [1.82, 2.24) is 3.97 Å². The molecular formula is C19H19NO3S. The third kappa shape index (κ3) is 2.65. The summed E-state index contributed by atoms with van der Waals surface area (Å²) in [5, 5.41) is 0.726. The van der Waals surface area contributed by atoms with E-state index in [9.17, 15) is 13.2 Å². The summed E-state index contributed by atoms with van der Waals surface area (Å²) in [5.74, 6) is -0.210. The van der Waals surface area contributed by atoms with E-state index in [2.05, 4.69) is 0 Å². The summed E-state index contributed by atoms with van der Waals surface area (Å²) in [5.41, 5.74) is 0.0136. The predicted molar refractivity (Wildman–Crippen MR) is 94.7 cm³/mol. The van der Waals surface area contributed by atoms with E-state index in [1.165, 1.54) is 16.1 Å². The van der Waals surface area contributed by atoms with Crippen molar-refractivity contribution in [3.8, 4) is 0 Å². The lowest BCUT2D eigenvalue weighted by Crippen LogP contribution is -2.26. The van der Waals surface area contributed by atoms with Crippen molar-refractivity contribution in [2.24, 2.45) is 5.41 Å². The molecule has 0 aliphatic rings. The van der Waals surface area contributed by atoms with Gasteiger partial charge in [0.15, 0.2) is 5.78 Å². The summed E-state index contributed by atoms with van der Waals surface area (Å²) >= 11 is 0. The minimum Gasteiger partial charge on any atom is -0.292 e. The number of carbonyl (C=O) groups excluding carboxylic acids is 1. The van der Waals surface area contributed by atoms with Crippen molar-refractivity contribution >= 4 is 26.7 Å². The molecule has 0 fully saturated rings. The highest BCUT2D eigenvalue weighted by molar-refractivity contribution is 7.90. The van der Waals surface area contributed by atoms with E-state index >= 15 is 0 Å². The SMILES string of the molecule is CC(C)(C)C(=O)c1cc2ccccc2n1S(=O)(=O)c1ccccc1. The Morgan fingerprint density at radius 2 is 1.50 bits per heavy atom. The van der Waals surface area contributed by atoms with Gasteiger partial charge in [0, 0.05) is 10.8 Å². The molecule has 24 heavy (non-hydrogen) atoms. The second-order valence-electron chi connectivity index (χ2n) is 6.75. The Labute approximate surface area is 141 Å². The number of aromatic nitrogens is 1. The van der Waals surface area contributed by atoms with Crippen LogP contribution in [0.4, 0.5) is 0 Å². The third-order valence-corrected chi connectivity index (χ3v) is 5.60. The van der Waals surface area contributed by atoms with E-state index in [-0.39, 0.29) is 16.4 Å². The Hall–Kier alpha value is -2.40. The van der Waals surface area contributed by atoms with Crippen LogP contribution >= 0.6 is 0 Å². The standard InChI is InChI=1S/C19H19NO3S/c1-19(2,3)18(21)17-13-14-9-7-8-12-16(14)20(17)24(22,23)15-10-5-4-6-11-15/h4-13H,1-3H3. The van der Waals surface area contributed by atoms with Gasteiger partial charge >= 0.3 is 0 Å². The molecule has 4 nitrogen and oxygen atoms in total. The van der Waals surface area contributed by atoms with Gasteiger partial charge in [-0.25, -0.2) is 12.4 Å². The molecule has 0 amide bonds. The Morgan fingerprint density at radius 1 is 0.917 bits per heavy atom. The maximum absolute atomic E-state index is 13.2. The summed E-state index contributed by atoms with van der Waals surface area (Å²) in [6.07, 6.45) is 0. The topological polar surface area (TPSA) is 56.1 Å². The lowest BCUT2D eigenvalue weighted by Gasteiger charge is -2.18. The fraction of sp³-hybridized carbons (Fsp3) is 0.211. The molecule has 1 heterocycles. The average molecular weight is 341 g/mol. The Bertz CT molecular complexity index is 1010. The van der Waals surface area contributed by atoms with Gasteiger partial charge in [0.1, 0.15) is 5.69 Å². The molecule has 0 atom stereocenters. The second kappa shape index (κ2) is 5.60. The largest absolute Gasteiger partial charge is 0.292 e. The van der Waals surface area contributed by atoms with E-state index in [1.54, 1.807) is 57.2 Å². The molecule has 2 aromatic carbocycles. The number of carbonyl (C=O) groups is 1. The summed E-state index contributed by atoms with van der Waals surface area (Å²) in [7, 11) is -3.86. The van der Waals surface area contributed by atoms with Crippen LogP contribution in [-0.4, -0.2) is 18.2 Å². The van der Waals surface area contributed by atoms with Gasteiger partial charge in [0.05, 0.1) is 10.4 Å². The third-order valence-electron chi connectivity index (χ3n) is 3.86. The van der Waals surface area contributed by atoms with E-state index in [1.807, 2.05) is 12.1 Å². The summed E-state index contributed by atoms with van der Waals surface area (Å²) in [4.78, 5) is 13.0. The molecule has 0 aliphatic heterocycles. The molecule has 1 aromatic heterocycles. The molecule has 0 saturated heterocycles. The molecule has 0 unspecified atom stereocenters. The van der Waals surface area contributed by atoms with Crippen molar-refractivity contribution in [1.29, 1.82) is 0 Å². The lowest BCUT2D eigenvalue weighted by molar-refractivity contribution is 0.0852. The van der Waals surface area contributed by atoms with Crippen LogP contribution in [0.2, 0.25) is 0 Å². The molecule has 0 aliphatic carbocycles. The van der Waals surface area contributed by atoms with Crippen LogP contribution in [-0.2, 0) is 10.0 Å². The van der Waals surface area contributed by atoms with Gasteiger partial charge in [-0.15, -0.1) is 0 Å². The van der Waals surface area contributed by atoms with Crippen molar-refractivity contribution in [3.05, 3.63) is 66.4 Å². The molecule has 0 spiro atoms. The predicted octanol–water partition coefficient (Wildman–Crippen LogP) is 4.11. The van der Waals surface area contributed by atoms with Crippen LogP contribution in [0.25, 0.3) is 10.9 Å². The van der Waals surface area contributed by atoms with Crippen LogP contribution < -0.4 is 0 Å².